The lowest BCUT2D eigenvalue weighted by atomic mass is 10.5. The molecule has 2 nitrogen and oxygen atoms in total. The summed E-state index contributed by atoms with van der Waals surface area (Å²) >= 11 is 1.28. The fourth-order valence-corrected chi connectivity index (χ4v) is 1.17. The molecule has 0 fully saturated rings. The average molecular weight is 184 g/mol. The van der Waals surface area contributed by atoms with Gasteiger partial charge in [0.05, 0.1) is 6.20 Å². The van der Waals surface area contributed by atoms with Gasteiger partial charge in [-0.3, -0.25) is 0 Å². The SMILES string of the molecule is C/C=C/c1ncc(F)c(SC)n1. The van der Waals surface area contributed by atoms with Gasteiger partial charge in [0, 0.05) is 0 Å². The Balaban J connectivity index is 3.05. The second-order valence-corrected chi connectivity index (χ2v) is 2.88. The molecule has 0 radical (unpaired) electrons. The quantitative estimate of drug-likeness (QED) is 0.521. The minimum absolute atomic E-state index is 0.365. The third kappa shape index (κ3) is 2.04. The van der Waals surface area contributed by atoms with Crippen LogP contribution in [0.3, 0.4) is 0 Å². The van der Waals surface area contributed by atoms with Crippen LogP contribution in [0, 0.1) is 5.82 Å². The third-order valence-electron chi connectivity index (χ3n) is 1.24. The summed E-state index contributed by atoms with van der Waals surface area (Å²) in [4.78, 5) is 7.76. The van der Waals surface area contributed by atoms with Crippen molar-refractivity contribution in [1.29, 1.82) is 0 Å². The molecule has 0 amide bonds. The van der Waals surface area contributed by atoms with Gasteiger partial charge in [0.1, 0.15) is 5.03 Å². The van der Waals surface area contributed by atoms with Crippen molar-refractivity contribution in [2.75, 3.05) is 6.26 Å². The van der Waals surface area contributed by atoms with Crippen LogP contribution in [0.15, 0.2) is 17.3 Å². The van der Waals surface area contributed by atoms with Crippen LogP contribution < -0.4 is 0 Å². The van der Waals surface area contributed by atoms with Crippen LogP contribution in [-0.4, -0.2) is 16.2 Å². The van der Waals surface area contributed by atoms with E-state index in [-0.39, 0.29) is 5.82 Å². The van der Waals surface area contributed by atoms with Gasteiger partial charge in [0.15, 0.2) is 11.6 Å². The summed E-state index contributed by atoms with van der Waals surface area (Å²) in [5.41, 5.74) is 0. The lowest BCUT2D eigenvalue weighted by molar-refractivity contribution is 0.578. The highest BCUT2D eigenvalue weighted by Gasteiger charge is 2.02. The molecule has 0 aliphatic rings. The Morgan fingerprint density at radius 2 is 2.33 bits per heavy atom. The van der Waals surface area contributed by atoms with E-state index in [1.165, 1.54) is 18.0 Å². The molecule has 1 rings (SSSR count). The zero-order valence-electron chi connectivity index (χ0n) is 6.91. The van der Waals surface area contributed by atoms with Crippen molar-refractivity contribution in [2.24, 2.45) is 0 Å². The maximum Gasteiger partial charge on any atom is 0.173 e. The van der Waals surface area contributed by atoms with E-state index in [4.69, 9.17) is 0 Å². The first kappa shape index (κ1) is 9.19. The Morgan fingerprint density at radius 1 is 1.58 bits per heavy atom. The van der Waals surface area contributed by atoms with Gasteiger partial charge in [-0.1, -0.05) is 6.08 Å². The summed E-state index contributed by atoms with van der Waals surface area (Å²) in [5.74, 6) is 0.180. The maximum atomic E-state index is 12.8. The Hall–Kier alpha value is -0.900. The predicted molar refractivity (Wildman–Crippen MR) is 48.5 cm³/mol. The number of rotatable bonds is 2. The fraction of sp³-hybridized carbons (Fsp3) is 0.250. The van der Waals surface area contributed by atoms with Gasteiger partial charge in [-0.25, -0.2) is 14.4 Å². The average Bonchev–Trinajstić information content (AvgIpc) is 2.09. The van der Waals surface area contributed by atoms with Crippen LogP contribution in [0.2, 0.25) is 0 Å². The number of hydrogen-bond acceptors (Lipinski definition) is 3. The number of nitrogens with zero attached hydrogens (tertiary/aromatic N) is 2. The van der Waals surface area contributed by atoms with Gasteiger partial charge in [-0.15, -0.1) is 11.8 Å². The molecule has 1 aromatic heterocycles. The van der Waals surface area contributed by atoms with Crippen molar-refractivity contribution >= 4 is 17.8 Å². The molecule has 0 aliphatic heterocycles. The zero-order valence-corrected chi connectivity index (χ0v) is 7.73. The molecule has 0 saturated carbocycles. The van der Waals surface area contributed by atoms with E-state index in [0.29, 0.717) is 10.9 Å². The van der Waals surface area contributed by atoms with Crippen molar-refractivity contribution in [3.63, 3.8) is 0 Å². The summed E-state index contributed by atoms with van der Waals surface area (Å²) < 4.78 is 12.8. The molecule has 1 heterocycles. The molecule has 4 heteroatoms. The van der Waals surface area contributed by atoms with Gasteiger partial charge in [-0.05, 0) is 19.3 Å². The molecule has 0 aliphatic carbocycles. The number of aromatic nitrogens is 2. The summed E-state index contributed by atoms with van der Waals surface area (Å²) in [5, 5.41) is 0.387. The fourth-order valence-electron chi connectivity index (χ4n) is 0.737. The summed E-state index contributed by atoms with van der Waals surface area (Å²) in [7, 11) is 0. The van der Waals surface area contributed by atoms with E-state index in [1.54, 1.807) is 12.3 Å². The number of thioether (sulfide) groups is 1. The highest BCUT2D eigenvalue weighted by Crippen LogP contribution is 2.15. The normalized spacial score (nSPS) is 10.9. The van der Waals surface area contributed by atoms with Crippen molar-refractivity contribution < 1.29 is 4.39 Å². The molecular formula is C8H9FN2S. The smallest absolute Gasteiger partial charge is 0.173 e. The number of allylic oxidation sites excluding steroid dienone is 1. The third-order valence-corrected chi connectivity index (χ3v) is 1.91. The van der Waals surface area contributed by atoms with Crippen LogP contribution >= 0.6 is 11.8 Å². The molecule has 0 unspecified atom stereocenters. The Kier molecular flexibility index (Phi) is 3.22. The molecule has 0 N–H and O–H groups in total. The van der Waals surface area contributed by atoms with Crippen LogP contribution in [0.5, 0.6) is 0 Å². The largest absolute Gasteiger partial charge is 0.234 e. The Bertz CT molecular complexity index is 299. The summed E-state index contributed by atoms with van der Waals surface area (Å²) in [6.45, 7) is 1.87. The first-order chi connectivity index (χ1) is 5.77. The Labute approximate surface area is 74.9 Å². The molecule has 0 spiro atoms. The summed E-state index contributed by atoms with van der Waals surface area (Å²) in [6.07, 6.45) is 6.52. The molecular weight excluding hydrogens is 175 g/mol. The minimum atomic E-state index is -0.365. The van der Waals surface area contributed by atoms with E-state index in [2.05, 4.69) is 9.97 Å². The first-order valence-corrected chi connectivity index (χ1v) is 4.69. The maximum absolute atomic E-state index is 12.8. The van der Waals surface area contributed by atoms with Crippen molar-refractivity contribution in [2.45, 2.75) is 11.9 Å². The standard InChI is InChI=1S/C8H9FN2S/c1-3-4-7-10-5-6(9)8(11-7)12-2/h3-5H,1-2H3/b4-3+. The molecule has 64 valence electrons. The number of hydrogen-bond donors (Lipinski definition) is 0. The topological polar surface area (TPSA) is 25.8 Å². The predicted octanol–water partition coefficient (Wildman–Crippen LogP) is 2.37. The molecule has 0 aromatic carbocycles. The van der Waals surface area contributed by atoms with Gasteiger partial charge in [0.25, 0.3) is 0 Å². The van der Waals surface area contributed by atoms with Crippen molar-refractivity contribution in [3.8, 4) is 0 Å². The van der Waals surface area contributed by atoms with E-state index in [9.17, 15) is 4.39 Å². The molecule has 0 saturated heterocycles. The van der Waals surface area contributed by atoms with Gasteiger partial charge in [0.2, 0.25) is 0 Å². The van der Waals surface area contributed by atoms with Crippen molar-refractivity contribution in [3.05, 3.63) is 23.9 Å². The van der Waals surface area contributed by atoms with Crippen LogP contribution in [0.25, 0.3) is 6.08 Å². The highest BCUT2D eigenvalue weighted by molar-refractivity contribution is 7.98. The second-order valence-electron chi connectivity index (χ2n) is 2.09. The zero-order chi connectivity index (χ0) is 8.97. The van der Waals surface area contributed by atoms with E-state index in [1.807, 2.05) is 13.0 Å². The minimum Gasteiger partial charge on any atom is -0.234 e. The highest BCUT2D eigenvalue weighted by atomic mass is 32.2. The van der Waals surface area contributed by atoms with Crippen LogP contribution in [-0.2, 0) is 0 Å². The Morgan fingerprint density at radius 3 is 2.92 bits per heavy atom. The molecule has 12 heavy (non-hydrogen) atoms. The molecule has 0 atom stereocenters. The first-order valence-electron chi connectivity index (χ1n) is 3.47. The van der Waals surface area contributed by atoms with Crippen LogP contribution in [0.4, 0.5) is 4.39 Å². The van der Waals surface area contributed by atoms with Gasteiger partial charge in [-0.2, -0.15) is 0 Å². The lowest BCUT2D eigenvalue weighted by Crippen LogP contribution is -1.92. The summed E-state index contributed by atoms with van der Waals surface area (Å²) in [6, 6.07) is 0. The van der Waals surface area contributed by atoms with Crippen molar-refractivity contribution in [1.82, 2.24) is 9.97 Å². The van der Waals surface area contributed by atoms with E-state index < -0.39 is 0 Å². The second kappa shape index (κ2) is 4.21. The van der Waals surface area contributed by atoms with E-state index >= 15 is 0 Å². The monoisotopic (exact) mass is 184 g/mol. The van der Waals surface area contributed by atoms with Gasteiger partial charge < -0.3 is 0 Å². The lowest BCUT2D eigenvalue weighted by Gasteiger charge is -1.97. The molecule has 0 bridgehead atoms. The van der Waals surface area contributed by atoms with Gasteiger partial charge >= 0.3 is 0 Å². The van der Waals surface area contributed by atoms with E-state index in [0.717, 1.165) is 0 Å². The molecule has 1 aromatic rings. The number of halogens is 1. The van der Waals surface area contributed by atoms with Crippen LogP contribution in [0.1, 0.15) is 12.7 Å².